The van der Waals surface area contributed by atoms with Gasteiger partial charge in [-0.2, -0.15) is 0 Å². The Kier molecular flexibility index (Phi) is 4.20. The average Bonchev–Trinajstić information content (AvgIpc) is 2.25. The van der Waals surface area contributed by atoms with Crippen molar-refractivity contribution in [1.82, 2.24) is 4.90 Å². The Bertz CT molecular complexity index is 216. The smallest absolute Gasteiger partial charge is 0.124 e. The normalized spacial score (nSPS) is 38.8. The predicted molar refractivity (Wildman–Crippen MR) is 63.3 cm³/mol. The van der Waals surface area contributed by atoms with Gasteiger partial charge in [0.25, 0.3) is 0 Å². The van der Waals surface area contributed by atoms with Crippen molar-refractivity contribution in [1.29, 1.82) is 0 Å². The fourth-order valence-corrected chi connectivity index (χ4v) is 2.75. The van der Waals surface area contributed by atoms with Crippen LogP contribution in [0.3, 0.4) is 0 Å². The summed E-state index contributed by atoms with van der Waals surface area (Å²) in [6.45, 7) is 8.12. The topological polar surface area (TPSA) is 12.5 Å². The quantitative estimate of drug-likeness (QED) is 0.721. The van der Waals surface area contributed by atoms with Crippen molar-refractivity contribution in [3.8, 4) is 0 Å². The zero-order valence-electron chi connectivity index (χ0n) is 10.5. The Labute approximate surface area is 98.1 Å². The van der Waals surface area contributed by atoms with Crippen molar-refractivity contribution in [2.24, 2.45) is 11.8 Å². The van der Waals surface area contributed by atoms with E-state index in [1.165, 1.54) is 25.9 Å². The van der Waals surface area contributed by atoms with Crippen LogP contribution in [0.1, 0.15) is 33.1 Å². The van der Waals surface area contributed by atoms with Gasteiger partial charge in [-0.1, -0.05) is 13.8 Å². The first kappa shape index (κ1) is 12.3. The highest BCUT2D eigenvalue weighted by atomic mass is 19.1. The molecule has 2 fully saturated rings. The Morgan fingerprint density at radius 3 is 2.56 bits per heavy atom. The monoisotopic (exact) mass is 229 g/mol. The first-order valence-corrected chi connectivity index (χ1v) is 6.63. The van der Waals surface area contributed by atoms with E-state index in [-0.39, 0.29) is 6.10 Å². The highest BCUT2D eigenvalue weighted by Gasteiger charge is 2.30. The number of piperidine rings is 1. The molecule has 0 amide bonds. The fraction of sp³-hybridized carbons (Fsp3) is 1.00. The predicted octanol–water partition coefficient (Wildman–Crippen LogP) is 2.48. The summed E-state index contributed by atoms with van der Waals surface area (Å²) >= 11 is 0. The van der Waals surface area contributed by atoms with Crippen LogP contribution in [0.15, 0.2) is 0 Å². The Hall–Kier alpha value is -0.150. The molecule has 2 aliphatic heterocycles. The van der Waals surface area contributed by atoms with Crippen LogP contribution in [0.4, 0.5) is 4.39 Å². The molecule has 0 aromatic rings. The van der Waals surface area contributed by atoms with Gasteiger partial charge in [-0.25, -0.2) is 4.39 Å². The molecule has 3 heteroatoms. The van der Waals surface area contributed by atoms with Crippen LogP contribution < -0.4 is 0 Å². The second-order valence-electron chi connectivity index (χ2n) is 5.67. The van der Waals surface area contributed by atoms with Crippen LogP contribution in [0.5, 0.6) is 0 Å². The molecule has 2 aliphatic rings. The van der Waals surface area contributed by atoms with E-state index in [4.69, 9.17) is 4.74 Å². The van der Waals surface area contributed by atoms with E-state index in [1.807, 2.05) is 0 Å². The summed E-state index contributed by atoms with van der Waals surface area (Å²) in [4.78, 5) is 2.49. The van der Waals surface area contributed by atoms with Crippen molar-refractivity contribution in [2.75, 3.05) is 26.2 Å². The molecular weight excluding hydrogens is 205 g/mol. The molecule has 2 saturated heterocycles. The van der Waals surface area contributed by atoms with Gasteiger partial charge in [0.2, 0.25) is 0 Å². The lowest BCUT2D eigenvalue weighted by atomic mass is 9.93. The Morgan fingerprint density at radius 2 is 1.94 bits per heavy atom. The van der Waals surface area contributed by atoms with E-state index in [2.05, 4.69) is 18.7 Å². The SMILES string of the molecule is CC1CCN(C[C@H]2OC[C@@H](F)CC2C)CC1. The van der Waals surface area contributed by atoms with Crippen LogP contribution in [-0.4, -0.2) is 43.4 Å². The zero-order valence-corrected chi connectivity index (χ0v) is 10.5. The molecule has 1 unspecified atom stereocenters. The fourth-order valence-electron chi connectivity index (χ4n) is 2.75. The van der Waals surface area contributed by atoms with Crippen molar-refractivity contribution in [3.63, 3.8) is 0 Å². The summed E-state index contributed by atoms with van der Waals surface area (Å²) in [5, 5.41) is 0. The molecule has 0 aromatic heterocycles. The van der Waals surface area contributed by atoms with Gasteiger partial charge in [-0.15, -0.1) is 0 Å². The summed E-state index contributed by atoms with van der Waals surface area (Å²) in [5.41, 5.74) is 0. The van der Waals surface area contributed by atoms with Crippen LogP contribution >= 0.6 is 0 Å². The van der Waals surface area contributed by atoms with Crippen molar-refractivity contribution < 1.29 is 9.13 Å². The van der Waals surface area contributed by atoms with E-state index in [0.29, 0.717) is 18.9 Å². The summed E-state index contributed by atoms with van der Waals surface area (Å²) in [7, 11) is 0. The van der Waals surface area contributed by atoms with E-state index in [1.54, 1.807) is 0 Å². The van der Waals surface area contributed by atoms with Gasteiger partial charge in [0.1, 0.15) is 6.17 Å². The van der Waals surface area contributed by atoms with Crippen LogP contribution in [-0.2, 0) is 4.74 Å². The van der Waals surface area contributed by atoms with Crippen LogP contribution in [0.2, 0.25) is 0 Å². The van der Waals surface area contributed by atoms with Gasteiger partial charge in [-0.3, -0.25) is 0 Å². The Morgan fingerprint density at radius 1 is 1.25 bits per heavy atom. The molecule has 2 rings (SSSR count). The molecule has 16 heavy (non-hydrogen) atoms. The van der Waals surface area contributed by atoms with Gasteiger partial charge < -0.3 is 9.64 Å². The number of nitrogens with zero attached hydrogens (tertiary/aromatic N) is 1. The number of alkyl halides is 1. The maximum Gasteiger partial charge on any atom is 0.124 e. The molecule has 0 aromatic carbocycles. The molecule has 0 saturated carbocycles. The number of halogens is 1. The van der Waals surface area contributed by atoms with Crippen molar-refractivity contribution >= 4 is 0 Å². The van der Waals surface area contributed by atoms with Gasteiger partial charge in [0.05, 0.1) is 12.7 Å². The largest absolute Gasteiger partial charge is 0.374 e. The van der Waals surface area contributed by atoms with Gasteiger partial charge >= 0.3 is 0 Å². The molecule has 94 valence electrons. The first-order chi connectivity index (χ1) is 7.65. The molecular formula is C13H24FNO. The number of hydrogen-bond donors (Lipinski definition) is 0. The van der Waals surface area contributed by atoms with Gasteiger partial charge in [0.15, 0.2) is 0 Å². The minimum absolute atomic E-state index is 0.250. The number of ether oxygens (including phenoxy) is 1. The second kappa shape index (κ2) is 5.46. The van der Waals surface area contributed by atoms with E-state index < -0.39 is 6.17 Å². The number of likely N-dealkylation sites (tertiary alicyclic amines) is 1. The van der Waals surface area contributed by atoms with Crippen molar-refractivity contribution in [2.45, 2.75) is 45.4 Å². The molecule has 0 N–H and O–H groups in total. The van der Waals surface area contributed by atoms with E-state index in [9.17, 15) is 4.39 Å². The third-order valence-corrected chi connectivity index (χ3v) is 4.07. The number of hydrogen-bond acceptors (Lipinski definition) is 2. The summed E-state index contributed by atoms with van der Waals surface area (Å²) < 4.78 is 18.7. The lowest BCUT2D eigenvalue weighted by Gasteiger charge is -2.37. The molecule has 0 aliphatic carbocycles. The maximum absolute atomic E-state index is 13.1. The lowest BCUT2D eigenvalue weighted by Crippen LogP contribution is -2.45. The molecule has 2 heterocycles. The van der Waals surface area contributed by atoms with Gasteiger partial charge in [-0.05, 0) is 44.2 Å². The summed E-state index contributed by atoms with van der Waals surface area (Å²) in [6.07, 6.45) is 2.78. The maximum atomic E-state index is 13.1. The van der Waals surface area contributed by atoms with Gasteiger partial charge in [0, 0.05) is 6.54 Å². The average molecular weight is 229 g/mol. The second-order valence-corrected chi connectivity index (χ2v) is 5.67. The molecule has 0 spiro atoms. The lowest BCUT2D eigenvalue weighted by molar-refractivity contribution is -0.0746. The highest BCUT2D eigenvalue weighted by molar-refractivity contribution is 4.80. The molecule has 0 radical (unpaired) electrons. The van der Waals surface area contributed by atoms with E-state index in [0.717, 1.165) is 12.5 Å². The third-order valence-electron chi connectivity index (χ3n) is 4.07. The minimum atomic E-state index is -0.743. The van der Waals surface area contributed by atoms with Crippen LogP contribution in [0.25, 0.3) is 0 Å². The minimum Gasteiger partial charge on any atom is -0.374 e. The molecule has 0 bridgehead atoms. The first-order valence-electron chi connectivity index (χ1n) is 6.63. The zero-order chi connectivity index (χ0) is 11.5. The highest BCUT2D eigenvalue weighted by Crippen LogP contribution is 2.25. The third kappa shape index (κ3) is 3.17. The number of rotatable bonds is 2. The van der Waals surface area contributed by atoms with Crippen molar-refractivity contribution in [3.05, 3.63) is 0 Å². The summed E-state index contributed by atoms with van der Waals surface area (Å²) in [6, 6.07) is 0. The Balaban J connectivity index is 1.76. The summed E-state index contributed by atoms with van der Waals surface area (Å²) in [5.74, 6) is 1.24. The van der Waals surface area contributed by atoms with Crippen LogP contribution in [0, 0.1) is 11.8 Å². The molecule has 2 nitrogen and oxygen atoms in total. The standard InChI is InChI=1S/C13H24FNO/c1-10-3-5-15(6-4-10)8-13-11(2)7-12(14)9-16-13/h10-13H,3-9H2,1-2H3/t11?,12-,13+/m0/s1. The molecule has 3 atom stereocenters. The van der Waals surface area contributed by atoms with E-state index >= 15 is 0 Å².